The number of carbonyl (C=O) groups excluding carboxylic acids is 1. The third-order valence-corrected chi connectivity index (χ3v) is 6.20. The van der Waals surface area contributed by atoms with Gasteiger partial charge in [0.05, 0.1) is 23.6 Å². The molecular weight excluding hydrogens is 364 g/mol. The van der Waals surface area contributed by atoms with Crippen molar-refractivity contribution in [2.45, 2.75) is 57.8 Å². The van der Waals surface area contributed by atoms with Crippen molar-refractivity contribution >= 4 is 5.91 Å². The molecule has 2 aliphatic heterocycles. The number of benzene rings is 1. The first-order valence-corrected chi connectivity index (χ1v) is 10.8. The van der Waals surface area contributed by atoms with Crippen LogP contribution in [0.4, 0.5) is 0 Å². The first-order chi connectivity index (χ1) is 14.0. The van der Waals surface area contributed by atoms with Gasteiger partial charge in [-0.3, -0.25) is 9.69 Å². The highest BCUT2D eigenvalue weighted by Crippen LogP contribution is 2.39. The molecule has 6 heteroatoms. The van der Waals surface area contributed by atoms with Crippen LogP contribution in [0.5, 0.6) is 0 Å². The Kier molecular flexibility index (Phi) is 6.01. The van der Waals surface area contributed by atoms with Gasteiger partial charge in [0.15, 0.2) is 0 Å². The highest BCUT2D eigenvalue weighted by atomic mass is 16.5. The molecule has 29 heavy (non-hydrogen) atoms. The van der Waals surface area contributed by atoms with Crippen molar-refractivity contribution in [3.05, 3.63) is 48.3 Å². The number of para-hydroxylation sites is 1. The zero-order valence-electron chi connectivity index (χ0n) is 17.5. The fourth-order valence-corrected chi connectivity index (χ4v) is 4.37. The summed E-state index contributed by atoms with van der Waals surface area (Å²) in [7, 11) is 0. The summed E-state index contributed by atoms with van der Waals surface area (Å²) in [4.78, 5) is 14.3. The molecule has 1 N–H and O–H groups in total. The van der Waals surface area contributed by atoms with Crippen LogP contribution in [-0.4, -0.2) is 51.9 Å². The summed E-state index contributed by atoms with van der Waals surface area (Å²) in [5.74, 6) is 0.139. The van der Waals surface area contributed by atoms with Gasteiger partial charge < -0.3 is 10.1 Å². The van der Waals surface area contributed by atoms with E-state index in [2.05, 4.69) is 33.6 Å². The number of likely N-dealkylation sites (tertiary alicyclic amines) is 1. The van der Waals surface area contributed by atoms with Gasteiger partial charge in [-0.2, -0.15) is 5.10 Å². The summed E-state index contributed by atoms with van der Waals surface area (Å²) >= 11 is 0. The minimum Gasteiger partial charge on any atom is -0.370 e. The van der Waals surface area contributed by atoms with Gasteiger partial charge in [-0.05, 0) is 37.8 Å². The van der Waals surface area contributed by atoms with E-state index in [1.165, 1.54) is 5.56 Å². The molecule has 0 aliphatic carbocycles. The quantitative estimate of drug-likeness (QED) is 0.815. The molecule has 2 aromatic rings. The summed E-state index contributed by atoms with van der Waals surface area (Å²) in [6, 6.07) is 10.2. The summed E-state index contributed by atoms with van der Waals surface area (Å²) in [5.41, 5.74) is 2.34. The second-order valence-electron chi connectivity index (χ2n) is 8.77. The van der Waals surface area contributed by atoms with Gasteiger partial charge in [-0.25, -0.2) is 4.68 Å². The van der Waals surface area contributed by atoms with E-state index in [9.17, 15) is 4.79 Å². The number of ether oxygens (including phenoxy) is 1. The third kappa shape index (κ3) is 4.87. The van der Waals surface area contributed by atoms with Crippen LogP contribution in [0.1, 0.15) is 45.1 Å². The van der Waals surface area contributed by atoms with Crippen LogP contribution in [0.15, 0.2) is 42.7 Å². The van der Waals surface area contributed by atoms with Gasteiger partial charge in [0.1, 0.15) is 0 Å². The van der Waals surface area contributed by atoms with E-state index in [0.717, 1.165) is 51.0 Å². The van der Waals surface area contributed by atoms with E-state index >= 15 is 0 Å². The smallest absolute Gasteiger partial charge is 0.222 e. The van der Waals surface area contributed by atoms with Gasteiger partial charge >= 0.3 is 0 Å². The summed E-state index contributed by atoms with van der Waals surface area (Å²) in [6.07, 6.45) is 8.53. The van der Waals surface area contributed by atoms with Crippen molar-refractivity contribution in [1.82, 2.24) is 20.0 Å². The lowest BCUT2D eigenvalue weighted by Gasteiger charge is -2.39. The number of rotatable bonds is 6. The van der Waals surface area contributed by atoms with Crippen LogP contribution in [0.3, 0.4) is 0 Å². The Morgan fingerprint density at radius 3 is 2.72 bits per heavy atom. The monoisotopic (exact) mass is 396 g/mol. The normalized spacial score (nSPS) is 21.7. The third-order valence-electron chi connectivity index (χ3n) is 6.20. The van der Waals surface area contributed by atoms with Gasteiger partial charge in [0.25, 0.3) is 0 Å². The molecule has 3 heterocycles. The number of aromatic nitrogens is 2. The standard InChI is InChI=1S/C23H32N4O2/c1-18(2)22(28)24-15-21-8-9-23(29-21)10-12-26(13-11-23)16-19-14-25-27(17-19)20-6-4-3-5-7-20/h3-7,14,17-18,21H,8-13,15-16H2,1-2H3,(H,24,28). The lowest BCUT2D eigenvalue weighted by atomic mass is 9.88. The van der Waals surface area contributed by atoms with E-state index in [0.29, 0.717) is 6.54 Å². The molecule has 1 atom stereocenters. The summed E-state index contributed by atoms with van der Waals surface area (Å²) in [5, 5.41) is 7.53. The van der Waals surface area contributed by atoms with Crippen LogP contribution in [0, 0.1) is 5.92 Å². The van der Waals surface area contributed by atoms with E-state index in [1.54, 1.807) is 0 Å². The Hall–Kier alpha value is -2.18. The Morgan fingerprint density at radius 2 is 2.00 bits per heavy atom. The SMILES string of the molecule is CC(C)C(=O)NCC1CCC2(CCN(Cc3cnn(-c4ccccc4)c3)CC2)O1. The molecule has 0 bridgehead atoms. The van der Waals surface area contributed by atoms with Gasteiger partial charge in [-0.1, -0.05) is 32.0 Å². The van der Waals surface area contributed by atoms with Crippen LogP contribution in [0.2, 0.25) is 0 Å². The maximum Gasteiger partial charge on any atom is 0.222 e. The van der Waals surface area contributed by atoms with Crippen LogP contribution in [0.25, 0.3) is 5.69 Å². The molecule has 1 unspecified atom stereocenters. The Balaban J connectivity index is 1.25. The Morgan fingerprint density at radius 1 is 1.24 bits per heavy atom. The van der Waals surface area contributed by atoms with Crippen molar-refractivity contribution in [3.63, 3.8) is 0 Å². The second kappa shape index (κ2) is 8.67. The average Bonchev–Trinajstić information content (AvgIpc) is 3.36. The Bertz CT molecular complexity index is 809. The van der Waals surface area contributed by atoms with Gasteiger partial charge in [-0.15, -0.1) is 0 Å². The molecule has 2 fully saturated rings. The molecule has 0 saturated carbocycles. The topological polar surface area (TPSA) is 59.4 Å². The number of piperidine rings is 1. The van der Waals surface area contributed by atoms with Crippen molar-refractivity contribution in [2.75, 3.05) is 19.6 Å². The van der Waals surface area contributed by atoms with Crippen LogP contribution in [-0.2, 0) is 16.1 Å². The highest BCUT2D eigenvalue weighted by molar-refractivity contribution is 5.77. The number of carbonyl (C=O) groups is 1. The molecular formula is C23H32N4O2. The predicted octanol–water partition coefficient (Wildman–Crippen LogP) is 3.16. The minimum absolute atomic E-state index is 0.0119. The first kappa shape index (κ1) is 20.1. The fraction of sp³-hybridized carbons (Fsp3) is 0.565. The molecule has 1 aromatic carbocycles. The summed E-state index contributed by atoms with van der Waals surface area (Å²) in [6.45, 7) is 7.50. The maximum atomic E-state index is 11.8. The molecule has 1 amide bonds. The minimum atomic E-state index is 0.0119. The molecule has 4 rings (SSSR count). The lowest BCUT2D eigenvalue weighted by Crippen LogP contribution is -2.45. The number of nitrogens with one attached hydrogen (secondary N) is 1. The van der Waals surface area contributed by atoms with Gasteiger partial charge in [0, 0.05) is 43.9 Å². The van der Waals surface area contributed by atoms with Gasteiger partial charge in [0.2, 0.25) is 5.91 Å². The molecule has 1 aromatic heterocycles. The Labute approximate surface area is 173 Å². The van der Waals surface area contributed by atoms with Crippen molar-refractivity contribution in [3.8, 4) is 5.69 Å². The van der Waals surface area contributed by atoms with Crippen LogP contribution >= 0.6 is 0 Å². The van der Waals surface area contributed by atoms with Crippen molar-refractivity contribution in [1.29, 1.82) is 0 Å². The molecule has 1 spiro atoms. The predicted molar refractivity (Wildman–Crippen MR) is 113 cm³/mol. The van der Waals surface area contributed by atoms with Crippen molar-refractivity contribution < 1.29 is 9.53 Å². The molecule has 2 saturated heterocycles. The maximum absolute atomic E-state index is 11.8. The molecule has 2 aliphatic rings. The van der Waals surface area contributed by atoms with E-state index < -0.39 is 0 Å². The highest BCUT2D eigenvalue weighted by Gasteiger charge is 2.42. The average molecular weight is 397 g/mol. The molecule has 0 radical (unpaired) electrons. The fourth-order valence-electron chi connectivity index (χ4n) is 4.37. The van der Waals surface area contributed by atoms with E-state index in [-0.39, 0.29) is 23.5 Å². The molecule has 156 valence electrons. The zero-order valence-corrected chi connectivity index (χ0v) is 17.5. The first-order valence-electron chi connectivity index (χ1n) is 10.8. The lowest BCUT2D eigenvalue weighted by molar-refractivity contribution is -0.125. The number of hydrogen-bond donors (Lipinski definition) is 1. The van der Waals surface area contributed by atoms with Crippen LogP contribution < -0.4 is 5.32 Å². The molecule has 6 nitrogen and oxygen atoms in total. The number of amides is 1. The summed E-state index contributed by atoms with van der Waals surface area (Å²) < 4.78 is 8.36. The second-order valence-corrected chi connectivity index (χ2v) is 8.77. The van der Waals surface area contributed by atoms with Crippen molar-refractivity contribution in [2.24, 2.45) is 5.92 Å². The number of nitrogens with zero attached hydrogens (tertiary/aromatic N) is 3. The van der Waals surface area contributed by atoms with E-state index in [4.69, 9.17) is 4.74 Å². The number of hydrogen-bond acceptors (Lipinski definition) is 4. The largest absolute Gasteiger partial charge is 0.370 e. The van der Waals surface area contributed by atoms with E-state index in [1.807, 2.05) is 42.9 Å². The zero-order chi connectivity index (χ0) is 20.3.